The van der Waals surface area contributed by atoms with Gasteiger partial charge in [-0.15, -0.1) is 0 Å². The van der Waals surface area contributed by atoms with Crippen LogP contribution in [0, 0.1) is 0 Å². The fourth-order valence-corrected chi connectivity index (χ4v) is 7.80. The van der Waals surface area contributed by atoms with Gasteiger partial charge in [-0.05, 0) is 47.0 Å². The Morgan fingerprint density at radius 1 is 0.357 bits per heavy atom. The SMILES string of the molecule is [2H]c1cc([2H])c(-c2c([2H])c([2H])c([2H])c([2H])c2-n2c3ccccc3c3c4c5ccccc5n(-c5nc(-c6ccccc6)nc(-c6ccc(-c7ccccc7)cc6)n5)c4ccc32)c([2H])c1[2H]. The Kier molecular flexibility index (Phi) is 5.74. The van der Waals surface area contributed by atoms with E-state index in [0.29, 0.717) is 28.6 Å². The van der Waals surface area contributed by atoms with Crippen LogP contribution in [0.25, 0.3) is 100 Å². The lowest BCUT2D eigenvalue weighted by Gasteiger charge is -2.14. The molecule has 3 aromatic heterocycles. The first-order valence-corrected chi connectivity index (χ1v) is 18.2. The zero-order valence-corrected chi connectivity index (χ0v) is 29.7. The van der Waals surface area contributed by atoms with Crippen molar-refractivity contribution in [2.75, 3.05) is 0 Å². The Morgan fingerprint density at radius 2 is 0.875 bits per heavy atom. The summed E-state index contributed by atoms with van der Waals surface area (Å²) in [7, 11) is 0. The quantitative estimate of drug-likeness (QED) is 0.172. The van der Waals surface area contributed by atoms with Crippen LogP contribution in [-0.4, -0.2) is 24.1 Å². The molecule has 0 spiro atoms. The highest BCUT2D eigenvalue weighted by Crippen LogP contribution is 2.43. The number of para-hydroxylation sites is 3. The van der Waals surface area contributed by atoms with Crippen LogP contribution in [-0.2, 0) is 0 Å². The number of aromatic nitrogens is 5. The molecule has 8 aromatic carbocycles. The van der Waals surface area contributed by atoms with Gasteiger partial charge in [0.15, 0.2) is 11.6 Å². The number of hydrogen-bond donors (Lipinski definition) is 0. The molecule has 262 valence electrons. The van der Waals surface area contributed by atoms with Crippen molar-refractivity contribution in [1.82, 2.24) is 24.1 Å². The predicted molar refractivity (Wildman–Crippen MR) is 230 cm³/mol. The van der Waals surface area contributed by atoms with Crippen molar-refractivity contribution in [1.29, 1.82) is 0 Å². The molecule has 0 aliphatic heterocycles. The molecule has 0 amide bonds. The molecule has 5 nitrogen and oxygen atoms in total. The van der Waals surface area contributed by atoms with Crippen LogP contribution in [0.3, 0.4) is 0 Å². The van der Waals surface area contributed by atoms with E-state index in [1.807, 2.05) is 126 Å². The maximum absolute atomic E-state index is 9.39. The van der Waals surface area contributed by atoms with Crippen LogP contribution in [0.1, 0.15) is 11.0 Å². The van der Waals surface area contributed by atoms with Crippen LogP contribution in [0.15, 0.2) is 200 Å². The number of nitrogens with zero attached hydrogens (tertiary/aromatic N) is 5. The molecule has 11 rings (SSSR count). The third-order valence-corrected chi connectivity index (χ3v) is 10.3. The molecule has 56 heavy (non-hydrogen) atoms. The summed E-state index contributed by atoms with van der Waals surface area (Å²) in [4.78, 5) is 15.3. The average Bonchev–Trinajstić information content (AvgIpc) is 3.85. The molecule has 11 aromatic rings. The Hall–Kier alpha value is -7.63. The fraction of sp³-hybridized carbons (Fsp3) is 0. The predicted octanol–water partition coefficient (Wildman–Crippen LogP) is 12.7. The van der Waals surface area contributed by atoms with Crippen LogP contribution in [0.4, 0.5) is 0 Å². The first-order chi connectivity index (χ1) is 31.1. The second kappa shape index (κ2) is 13.0. The van der Waals surface area contributed by atoms with Gasteiger partial charge < -0.3 is 4.57 Å². The molecule has 0 N–H and O–H groups in total. The lowest BCUT2D eigenvalue weighted by molar-refractivity contribution is 0.953. The van der Waals surface area contributed by atoms with Crippen molar-refractivity contribution in [2.45, 2.75) is 0 Å². The molecule has 0 unspecified atom stereocenters. The van der Waals surface area contributed by atoms with E-state index in [1.165, 1.54) is 0 Å². The summed E-state index contributed by atoms with van der Waals surface area (Å²) >= 11 is 0. The lowest BCUT2D eigenvalue weighted by atomic mass is 10.0. The number of hydrogen-bond acceptors (Lipinski definition) is 3. The first kappa shape index (κ1) is 24.6. The molecule has 0 bridgehead atoms. The van der Waals surface area contributed by atoms with Crippen LogP contribution >= 0.6 is 0 Å². The molecule has 3 heterocycles. The molecule has 0 saturated heterocycles. The zero-order valence-electron chi connectivity index (χ0n) is 37.7. The summed E-state index contributed by atoms with van der Waals surface area (Å²) < 4.78 is 74.4. The van der Waals surface area contributed by atoms with Gasteiger partial charge >= 0.3 is 0 Å². The van der Waals surface area contributed by atoms with Crippen LogP contribution < -0.4 is 0 Å². The Morgan fingerprint density at radius 3 is 1.57 bits per heavy atom. The van der Waals surface area contributed by atoms with E-state index < -0.39 is 30.2 Å². The third-order valence-electron chi connectivity index (χ3n) is 10.3. The van der Waals surface area contributed by atoms with Gasteiger partial charge in [0.2, 0.25) is 5.95 Å². The second-order valence-electron chi connectivity index (χ2n) is 13.4. The summed E-state index contributed by atoms with van der Waals surface area (Å²) in [5.41, 5.74) is 6.45. The molecule has 0 saturated carbocycles. The molecule has 0 aliphatic carbocycles. The zero-order chi connectivity index (χ0) is 44.0. The van der Waals surface area contributed by atoms with E-state index in [1.54, 1.807) is 4.57 Å². The summed E-state index contributed by atoms with van der Waals surface area (Å²) in [5.74, 6) is 1.40. The Bertz CT molecular complexity index is 3700. The lowest BCUT2D eigenvalue weighted by Crippen LogP contribution is -2.06. The summed E-state index contributed by atoms with van der Waals surface area (Å²) in [6.07, 6.45) is 0. The van der Waals surface area contributed by atoms with Gasteiger partial charge in [-0.1, -0.05) is 170 Å². The number of benzene rings is 8. The maximum atomic E-state index is 9.39. The normalized spacial score (nSPS) is 13.6. The van der Waals surface area contributed by atoms with E-state index in [4.69, 9.17) is 23.2 Å². The van der Waals surface area contributed by atoms with Crippen molar-refractivity contribution in [3.05, 3.63) is 200 Å². The molecule has 0 fully saturated rings. The van der Waals surface area contributed by atoms with E-state index in [2.05, 4.69) is 24.3 Å². The molecular weight excluding hydrogens is 683 g/mol. The average molecular weight is 724 g/mol. The number of rotatable bonds is 6. The highest BCUT2D eigenvalue weighted by molar-refractivity contribution is 6.29. The molecule has 0 atom stereocenters. The summed E-state index contributed by atoms with van der Waals surface area (Å²) in [6.45, 7) is 0. The maximum Gasteiger partial charge on any atom is 0.238 e. The minimum absolute atomic E-state index is 0.0345. The standard InChI is InChI=1S/C51H33N5/c1-4-16-34(17-5-1)35-28-30-38(31-29-35)50-52-49(37-20-8-3-9-21-37)53-51(54-50)56-44-27-15-12-24-41(44)48-46(56)33-32-45-47(48)40-23-11-14-26-43(40)55(45)42-25-13-10-22-39(42)36-18-6-2-7-19-36/h1-33H/i2D,6D,10D,13D,18D,19D,22D,25D. The van der Waals surface area contributed by atoms with Gasteiger partial charge in [0, 0.05) is 38.2 Å². The third kappa shape index (κ3) is 5.13. The minimum atomic E-state index is -0.533. The van der Waals surface area contributed by atoms with Gasteiger partial charge in [0.1, 0.15) is 0 Å². The molecule has 0 aliphatic rings. The largest absolute Gasteiger partial charge is 0.309 e. The summed E-state index contributed by atoms with van der Waals surface area (Å²) in [6, 6.07) is 45.4. The molecule has 5 heteroatoms. The monoisotopic (exact) mass is 723 g/mol. The first-order valence-electron chi connectivity index (χ1n) is 22.2. The Labute approximate surface area is 334 Å². The van der Waals surface area contributed by atoms with Crippen molar-refractivity contribution < 1.29 is 11.0 Å². The molecule has 0 radical (unpaired) electrons. The van der Waals surface area contributed by atoms with Crippen LogP contribution in [0.2, 0.25) is 0 Å². The fourth-order valence-electron chi connectivity index (χ4n) is 7.80. The van der Waals surface area contributed by atoms with Gasteiger partial charge in [-0.3, -0.25) is 4.57 Å². The second-order valence-corrected chi connectivity index (χ2v) is 13.4. The van der Waals surface area contributed by atoms with Gasteiger partial charge in [0.25, 0.3) is 0 Å². The van der Waals surface area contributed by atoms with E-state index in [0.717, 1.165) is 60.9 Å². The smallest absolute Gasteiger partial charge is 0.238 e. The topological polar surface area (TPSA) is 48.5 Å². The van der Waals surface area contributed by atoms with E-state index in [9.17, 15) is 2.74 Å². The van der Waals surface area contributed by atoms with Crippen LogP contribution in [0.5, 0.6) is 0 Å². The van der Waals surface area contributed by atoms with E-state index in [-0.39, 0.29) is 34.9 Å². The van der Waals surface area contributed by atoms with Gasteiger partial charge in [-0.25, -0.2) is 4.98 Å². The minimum Gasteiger partial charge on any atom is -0.309 e. The highest BCUT2D eigenvalue weighted by atomic mass is 15.2. The van der Waals surface area contributed by atoms with Crippen molar-refractivity contribution >= 4 is 43.6 Å². The molecular formula is C51H33N5. The number of fused-ring (bicyclic) bond motifs is 7. The van der Waals surface area contributed by atoms with Crippen molar-refractivity contribution in [3.8, 4) is 56.7 Å². The van der Waals surface area contributed by atoms with Gasteiger partial charge in [-0.2, -0.15) is 9.97 Å². The van der Waals surface area contributed by atoms with Gasteiger partial charge in [0.05, 0.1) is 38.7 Å². The highest BCUT2D eigenvalue weighted by Gasteiger charge is 2.23. The van der Waals surface area contributed by atoms with E-state index >= 15 is 0 Å². The van der Waals surface area contributed by atoms with Crippen molar-refractivity contribution in [2.24, 2.45) is 0 Å². The Balaban J connectivity index is 1.21. The summed E-state index contributed by atoms with van der Waals surface area (Å²) in [5, 5.41) is 3.35. The van der Waals surface area contributed by atoms with Crippen molar-refractivity contribution in [3.63, 3.8) is 0 Å².